The number of piperazine rings is 1. The van der Waals surface area contributed by atoms with Crippen LogP contribution in [0.4, 0.5) is 0 Å². The Labute approximate surface area is 102 Å². The van der Waals surface area contributed by atoms with E-state index in [1.54, 1.807) is 0 Å². The molecule has 0 atom stereocenters. The summed E-state index contributed by atoms with van der Waals surface area (Å²) in [6.45, 7) is 17.9. The van der Waals surface area contributed by atoms with Gasteiger partial charge in [0.15, 0.2) is 0 Å². The first-order chi connectivity index (χ1) is 7.35. The van der Waals surface area contributed by atoms with Crippen LogP contribution in [0.25, 0.3) is 0 Å². The van der Waals surface area contributed by atoms with Crippen LogP contribution in [0.2, 0.25) is 0 Å². The lowest BCUT2D eigenvalue weighted by molar-refractivity contribution is 0.111. The quantitative estimate of drug-likeness (QED) is 0.775. The molecule has 0 unspecified atom stereocenters. The molecule has 0 radical (unpaired) electrons. The number of hydrogen-bond donors (Lipinski definition) is 1. The molecule has 0 spiro atoms. The van der Waals surface area contributed by atoms with Crippen molar-refractivity contribution in [2.45, 2.75) is 47.5 Å². The summed E-state index contributed by atoms with van der Waals surface area (Å²) in [5.74, 6) is 0. The lowest BCUT2D eigenvalue weighted by Gasteiger charge is -2.39. The van der Waals surface area contributed by atoms with Gasteiger partial charge in [0.05, 0.1) is 0 Å². The summed E-state index contributed by atoms with van der Waals surface area (Å²) in [4.78, 5) is 2.61. The van der Waals surface area contributed by atoms with E-state index in [2.05, 4.69) is 44.8 Å². The van der Waals surface area contributed by atoms with Gasteiger partial charge >= 0.3 is 0 Å². The van der Waals surface area contributed by atoms with Gasteiger partial charge in [0, 0.05) is 32.7 Å². The molecule has 2 nitrogen and oxygen atoms in total. The van der Waals surface area contributed by atoms with Crippen molar-refractivity contribution in [2.24, 2.45) is 10.8 Å². The van der Waals surface area contributed by atoms with Crippen LogP contribution < -0.4 is 5.32 Å². The Bertz CT molecular complexity index is 203. The molecule has 1 rings (SSSR count). The Morgan fingerprint density at radius 1 is 1.00 bits per heavy atom. The van der Waals surface area contributed by atoms with Crippen molar-refractivity contribution in [1.82, 2.24) is 10.2 Å². The lowest BCUT2D eigenvalue weighted by atomic mass is 9.73. The molecule has 0 aromatic heterocycles. The summed E-state index contributed by atoms with van der Waals surface area (Å²) in [6, 6.07) is 0. The predicted octanol–water partition coefficient (Wildman–Crippen LogP) is 2.74. The van der Waals surface area contributed by atoms with E-state index in [4.69, 9.17) is 0 Å². The molecular weight excluding hydrogens is 196 g/mol. The molecule has 2 heteroatoms. The fraction of sp³-hybridized carbons (Fsp3) is 1.00. The van der Waals surface area contributed by atoms with Gasteiger partial charge in [0.2, 0.25) is 0 Å². The van der Waals surface area contributed by atoms with Gasteiger partial charge in [0.25, 0.3) is 0 Å². The highest BCUT2D eigenvalue weighted by Crippen LogP contribution is 2.36. The smallest absolute Gasteiger partial charge is 0.0108 e. The summed E-state index contributed by atoms with van der Waals surface area (Å²) in [5, 5.41) is 3.42. The minimum Gasteiger partial charge on any atom is -0.314 e. The molecule has 0 aliphatic carbocycles. The normalized spacial score (nSPS) is 20.1. The van der Waals surface area contributed by atoms with E-state index in [0.29, 0.717) is 10.8 Å². The second kappa shape index (κ2) is 5.50. The zero-order chi connectivity index (χ0) is 12.2. The summed E-state index contributed by atoms with van der Waals surface area (Å²) < 4.78 is 0. The third kappa shape index (κ3) is 4.84. The second-order valence-electron chi connectivity index (χ2n) is 6.88. The van der Waals surface area contributed by atoms with Crippen molar-refractivity contribution in [1.29, 1.82) is 0 Å². The lowest BCUT2D eigenvalue weighted by Crippen LogP contribution is -2.47. The molecule has 1 aliphatic heterocycles. The molecular formula is C14H30N2. The van der Waals surface area contributed by atoms with Crippen molar-refractivity contribution >= 4 is 0 Å². The fourth-order valence-electron chi connectivity index (χ4n) is 2.95. The molecule has 0 saturated carbocycles. The Hall–Kier alpha value is -0.0800. The van der Waals surface area contributed by atoms with Gasteiger partial charge in [0.1, 0.15) is 0 Å². The van der Waals surface area contributed by atoms with E-state index >= 15 is 0 Å². The first-order valence-corrected chi connectivity index (χ1v) is 6.78. The van der Waals surface area contributed by atoms with Crippen LogP contribution in [0, 0.1) is 10.8 Å². The fourth-order valence-corrected chi connectivity index (χ4v) is 2.95. The Balaban J connectivity index is 2.43. The minimum atomic E-state index is 0.441. The van der Waals surface area contributed by atoms with Gasteiger partial charge in [-0.05, 0) is 17.3 Å². The number of hydrogen-bond acceptors (Lipinski definition) is 2. The minimum absolute atomic E-state index is 0.441. The van der Waals surface area contributed by atoms with E-state index in [9.17, 15) is 0 Å². The maximum Gasteiger partial charge on any atom is 0.0108 e. The Morgan fingerprint density at radius 3 is 2.06 bits per heavy atom. The zero-order valence-electron chi connectivity index (χ0n) is 11.9. The standard InChI is InChI=1S/C14H30N2/c1-6-13(2,3)11-14(4,5)12-16-9-7-15-8-10-16/h15H,6-12H2,1-5H3. The van der Waals surface area contributed by atoms with Crippen molar-refractivity contribution in [3.8, 4) is 0 Å². The average molecular weight is 226 g/mol. The monoisotopic (exact) mass is 226 g/mol. The summed E-state index contributed by atoms with van der Waals surface area (Å²) >= 11 is 0. The molecule has 16 heavy (non-hydrogen) atoms. The summed E-state index contributed by atoms with van der Waals surface area (Å²) in [6.07, 6.45) is 2.60. The van der Waals surface area contributed by atoms with Gasteiger partial charge in [-0.25, -0.2) is 0 Å². The van der Waals surface area contributed by atoms with Crippen molar-refractivity contribution < 1.29 is 0 Å². The van der Waals surface area contributed by atoms with E-state index in [-0.39, 0.29) is 0 Å². The van der Waals surface area contributed by atoms with Gasteiger partial charge < -0.3 is 10.2 Å². The molecule has 96 valence electrons. The van der Waals surface area contributed by atoms with E-state index < -0.39 is 0 Å². The maximum atomic E-state index is 3.42. The van der Waals surface area contributed by atoms with Crippen LogP contribution in [0.1, 0.15) is 47.5 Å². The van der Waals surface area contributed by atoms with E-state index in [0.717, 1.165) is 13.1 Å². The highest BCUT2D eigenvalue weighted by molar-refractivity contribution is 4.82. The van der Waals surface area contributed by atoms with Gasteiger partial charge in [-0.2, -0.15) is 0 Å². The zero-order valence-corrected chi connectivity index (χ0v) is 11.9. The second-order valence-corrected chi connectivity index (χ2v) is 6.88. The predicted molar refractivity (Wildman–Crippen MR) is 71.8 cm³/mol. The largest absolute Gasteiger partial charge is 0.314 e. The summed E-state index contributed by atoms with van der Waals surface area (Å²) in [7, 11) is 0. The molecule has 0 amide bonds. The third-order valence-electron chi connectivity index (χ3n) is 3.78. The van der Waals surface area contributed by atoms with Crippen LogP contribution in [0.5, 0.6) is 0 Å². The molecule has 1 aliphatic rings. The SMILES string of the molecule is CCC(C)(C)CC(C)(C)CN1CCNCC1. The van der Waals surface area contributed by atoms with E-state index in [1.165, 1.54) is 32.5 Å². The molecule has 1 N–H and O–H groups in total. The Kier molecular flexibility index (Phi) is 4.81. The van der Waals surface area contributed by atoms with Crippen molar-refractivity contribution in [2.75, 3.05) is 32.7 Å². The molecule has 0 aromatic rings. The topological polar surface area (TPSA) is 15.3 Å². The van der Waals surface area contributed by atoms with Crippen LogP contribution >= 0.6 is 0 Å². The average Bonchev–Trinajstić information content (AvgIpc) is 2.17. The highest BCUT2D eigenvalue weighted by atomic mass is 15.2. The first-order valence-electron chi connectivity index (χ1n) is 6.78. The van der Waals surface area contributed by atoms with Crippen LogP contribution in [0.15, 0.2) is 0 Å². The first kappa shape index (κ1) is 14.0. The maximum absolute atomic E-state index is 3.42. The van der Waals surface area contributed by atoms with Gasteiger partial charge in [-0.15, -0.1) is 0 Å². The number of rotatable bonds is 5. The molecule has 0 aromatic carbocycles. The van der Waals surface area contributed by atoms with Crippen LogP contribution in [-0.4, -0.2) is 37.6 Å². The van der Waals surface area contributed by atoms with Crippen LogP contribution in [-0.2, 0) is 0 Å². The molecule has 1 saturated heterocycles. The van der Waals surface area contributed by atoms with Gasteiger partial charge in [-0.1, -0.05) is 41.0 Å². The summed E-state index contributed by atoms with van der Waals surface area (Å²) in [5.41, 5.74) is 0.925. The highest BCUT2D eigenvalue weighted by Gasteiger charge is 2.29. The molecule has 0 bridgehead atoms. The van der Waals surface area contributed by atoms with Gasteiger partial charge in [-0.3, -0.25) is 0 Å². The Morgan fingerprint density at radius 2 is 1.56 bits per heavy atom. The van der Waals surface area contributed by atoms with Crippen molar-refractivity contribution in [3.05, 3.63) is 0 Å². The van der Waals surface area contributed by atoms with Crippen LogP contribution in [0.3, 0.4) is 0 Å². The third-order valence-corrected chi connectivity index (χ3v) is 3.78. The van der Waals surface area contributed by atoms with Crippen molar-refractivity contribution in [3.63, 3.8) is 0 Å². The van der Waals surface area contributed by atoms with E-state index in [1.807, 2.05) is 0 Å². The molecule has 1 heterocycles. The molecule has 1 fully saturated rings. The number of nitrogens with zero attached hydrogens (tertiary/aromatic N) is 1. The number of nitrogens with one attached hydrogen (secondary N) is 1.